The highest BCUT2D eigenvalue weighted by atomic mass is 32.2. The van der Waals surface area contributed by atoms with Crippen LogP contribution in [0.1, 0.15) is 60.3 Å². The molecule has 0 spiro atoms. The van der Waals surface area contributed by atoms with Crippen molar-refractivity contribution in [3.05, 3.63) is 24.3 Å². The van der Waals surface area contributed by atoms with Gasteiger partial charge in [-0.1, -0.05) is 19.9 Å². The maximum absolute atomic E-state index is 10.6. The molecular formula is C23H38N2O2S. The molecule has 158 valence electrons. The van der Waals surface area contributed by atoms with Crippen LogP contribution in [0.4, 0.5) is 0 Å². The highest BCUT2D eigenvalue weighted by Gasteiger charge is 2.39. The second-order valence-electron chi connectivity index (χ2n) is 9.59. The predicted molar refractivity (Wildman–Crippen MR) is 119 cm³/mol. The molecule has 2 aliphatic rings. The highest BCUT2D eigenvalue weighted by Crippen LogP contribution is 2.44. The summed E-state index contributed by atoms with van der Waals surface area (Å²) in [5.74, 6) is 4.12. The minimum Gasteiger partial charge on any atom is -0.497 e. The first kappa shape index (κ1) is 23.1. The maximum atomic E-state index is 10.6. The van der Waals surface area contributed by atoms with Gasteiger partial charge in [0.05, 0.1) is 7.11 Å². The van der Waals surface area contributed by atoms with Crippen LogP contribution in [0, 0.1) is 23.7 Å². The summed E-state index contributed by atoms with van der Waals surface area (Å²) < 4.78 is 8.50. The number of benzene rings is 1. The second kappa shape index (κ2) is 10.5. The quantitative estimate of drug-likeness (QED) is 0.516. The molecule has 0 saturated heterocycles. The van der Waals surface area contributed by atoms with E-state index in [4.69, 9.17) is 4.74 Å². The fraction of sp³-hybridized carbons (Fsp3) is 0.696. The molecule has 28 heavy (non-hydrogen) atoms. The number of nitrogens with one attached hydrogen (secondary N) is 2. The number of hydrogen-bond donors (Lipinski definition) is 2. The van der Waals surface area contributed by atoms with Gasteiger partial charge in [0.1, 0.15) is 5.75 Å². The van der Waals surface area contributed by atoms with Crippen molar-refractivity contribution in [2.24, 2.45) is 23.7 Å². The van der Waals surface area contributed by atoms with Gasteiger partial charge in [-0.3, -0.25) is 9.52 Å². The minimum atomic E-state index is 0.119. The number of methoxy groups -OCH3 is 1. The summed E-state index contributed by atoms with van der Waals surface area (Å²) in [6.07, 6.45) is 6.27. The molecule has 1 aromatic carbocycles. The SMILES string of the molecule is CC1CC2CC(C)C(NC=O)C(C1)C2.COc1cccc(SNC(C)(C)C)c1. The summed E-state index contributed by atoms with van der Waals surface area (Å²) in [4.78, 5) is 11.7. The third-order valence-electron chi connectivity index (χ3n) is 5.68. The standard InChI is InChI=1S/C12H21NO.C11H17NOS/c1-8-3-10-5-9(2)12(13-7-14)11(4-8)6-10;1-11(2,3)12-14-10-7-5-6-9(8-10)13-4/h7-12H,3-6H2,1-2H3,(H,13,14);5-8,12H,1-4H3. The summed E-state index contributed by atoms with van der Waals surface area (Å²) in [5.41, 5.74) is 0.119. The first-order valence-electron chi connectivity index (χ1n) is 10.5. The number of carbonyl (C=O) groups excluding carboxylic acids is 1. The molecule has 5 heteroatoms. The van der Waals surface area contributed by atoms with Crippen LogP contribution < -0.4 is 14.8 Å². The molecule has 2 bridgehead atoms. The van der Waals surface area contributed by atoms with E-state index in [0.717, 1.165) is 29.9 Å². The van der Waals surface area contributed by atoms with Crippen LogP contribution in [-0.4, -0.2) is 25.1 Å². The van der Waals surface area contributed by atoms with E-state index in [2.05, 4.69) is 50.7 Å². The van der Waals surface area contributed by atoms with E-state index < -0.39 is 0 Å². The molecule has 1 amide bonds. The third-order valence-corrected chi connectivity index (χ3v) is 6.88. The van der Waals surface area contributed by atoms with Crippen LogP contribution in [0.5, 0.6) is 5.75 Å². The molecule has 0 aromatic heterocycles. The molecule has 0 radical (unpaired) electrons. The van der Waals surface area contributed by atoms with Crippen molar-refractivity contribution >= 4 is 18.4 Å². The van der Waals surface area contributed by atoms with E-state index in [0.29, 0.717) is 12.0 Å². The van der Waals surface area contributed by atoms with Crippen molar-refractivity contribution in [1.82, 2.24) is 10.0 Å². The maximum Gasteiger partial charge on any atom is 0.207 e. The van der Waals surface area contributed by atoms with Crippen LogP contribution in [0.3, 0.4) is 0 Å². The Morgan fingerprint density at radius 1 is 1.14 bits per heavy atom. The topological polar surface area (TPSA) is 50.4 Å². The number of ether oxygens (including phenoxy) is 1. The van der Waals surface area contributed by atoms with Crippen LogP contribution in [-0.2, 0) is 4.79 Å². The van der Waals surface area contributed by atoms with Gasteiger partial charge in [-0.05, 0) is 100 Å². The molecule has 2 fully saturated rings. The average Bonchev–Trinajstić information content (AvgIpc) is 2.63. The Bertz CT molecular complexity index is 613. The van der Waals surface area contributed by atoms with Gasteiger partial charge in [0, 0.05) is 16.5 Å². The Morgan fingerprint density at radius 3 is 2.54 bits per heavy atom. The monoisotopic (exact) mass is 406 g/mol. The van der Waals surface area contributed by atoms with E-state index in [-0.39, 0.29) is 5.54 Å². The highest BCUT2D eigenvalue weighted by molar-refractivity contribution is 7.97. The number of carbonyl (C=O) groups is 1. The lowest BCUT2D eigenvalue weighted by atomic mass is 9.63. The van der Waals surface area contributed by atoms with E-state index in [1.54, 1.807) is 19.1 Å². The zero-order valence-corrected chi connectivity index (χ0v) is 19.1. The van der Waals surface area contributed by atoms with Crippen LogP contribution in [0.25, 0.3) is 0 Å². The van der Waals surface area contributed by atoms with E-state index in [9.17, 15) is 4.79 Å². The number of hydrogen-bond acceptors (Lipinski definition) is 4. The first-order chi connectivity index (χ1) is 13.2. The molecule has 2 saturated carbocycles. The van der Waals surface area contributed by atoms with Gasteiger partial charge in [0.25, 0.3) is 0 Å². The molecule has 2 aliphatic carbocycles. The first-order valence-corrected chi connectivity index (χ1v) is 11.3. The van der Waals surface area contributed by atoms with Crippen LogP contribution in [0.15, 0.2) is 29.2 Å². The minimum absolute atomic E-state index is 0.119. The Kier molecular flexibility index (Phi) is 8.69. The Labute approximate surface area is 175 Å². The lowest BCUT2D eigenvalue weighted by molar-refractivity contribution is -0.111. The number of rotatable bonds is 5. The van der Waals surface area contributed by atoms with Gasteiger partial charge < -0.3 is 10.1 Å². The molecule has 2 N–H and O–H groups in total. The summed E-state index contributed by atoms with van der Waals surface area (Å²) in [6.45, 7) is 11.1. The van der Waals surface area contributed by atoms with Gasteiger partial charge in [-0.2, -0.15) is 0 Å². The smallest absolute Gasteiger partial charge is 0.207 e. The zero-order chi connectivity index (χ0) is 20.7. The zero-order valence-electron chi connectivity index (χ0n) is 18.3. The lowest BCUT2D eigenvalue weighted by Crippen LogP contribution is -2.48. The van der Waals surface area contributed by atoms with E-state index in [1.165, 1.54) is 30.6 Å². The van der Waals surface area contributed by atoms with Gasteiger partial charge in [-0.15, -0.1) is 0 Å². The molecule has 1 aromatic rings. The molecule has 5 unspecified atom stereocenters. The Morgan fingerprint density at radius 2 is 1.89 bits per heavy atom. The molecule has 3 rings (SSSR count). The fourth-order valence-corrected chi connectivity index (χ4v) is 5.43. The lowest BCUT2D eigenvalue weighted by Gasteiger charge is -2.46. The average molecular weight is 407 g/mol. The summed E-state index contributed by atoms with van der Waals surface area (Å²) >= 11 is 1.63. The van der Waals surface area contributed by atoms with Crippen molar-refractivity contribution in [3.8, 4) is 5.75 Å². The fourth-order valence-electron chi connectivity index (χ4n) is 4.68. The largest absolute Gasteiger partial charge is 0.497 e. The summed E-state index contributed by atoms with van der Waals surface area (Å²) in [7, 11) is 1.68. The van der Waals surface area contributed by atoms with E-state index >= 15 is 0 Å². The molecular weight excluding hydrogens is 368 g/mol. The predicted octanol–water partition coefficient (Wildman–Crippen LogP) is 5.28. The van der Waals surface area contributed by atoms with Gasteiger partial charge in [0.2, 0.25) is 6.41 Å². The van der Waals surface area contributed by atoms with Crippen LogP contribution in [0.2, 0.25) is 0 Å². The summed E-state index contributed by atoms with van der Waals surface area (Å²) in [5, 5.41) is 3.03. The summed E-state index contributed by atoms with van der Waals surface area (Å²) in [6, 6.07) is 8.47. The van der Waals surface area contributed by atoms with E-state index in [1.807, 2.05) is 18.2 Å². The van der Waals surface area contributed by atoms with Crippen molar-refractivity contribution in [1.29, 1.82) is 0 Å². The second-order valence-corrected chi connectivity index (χ2v) is 10.5. The van der Waals surface area contributed by atoms with Crippen molar-refractivity contribution in [2.75, 3.05) is 7.11 Å². The molecule has 0 aliphatic heterocycles. The van der Waals surface area contributed by atoms with Crippen molar-refractivity contribution < 1.29 is 9.53 Å². The van der Waals surface area contributed by atoms with Crippen LogP contribution >= 0.6 is 11.9 Å². The van der Waals surface area contributed by atoms with Crippen molar-refractivity contribution in [3.63, 3.8) is 0 Å². The Balaban J connectivity index is 0.000000200. The Hall–Kier alpha value is -1.20. The molecule has 5 atom stereocenters. The normalized spacial score (nSPS) is 29.3. The number of amides is 1. The van der Waals surface area contributed by atoms with Crippen molar-refractivity contribution in [2.45, 2.75) is 76.8 Å². The third kappa shape index (κ3) is 7.32. The van der Waals surface area contributed by atoms with Gasteiger partial charge in [0.15, 0.2) is 0 Å². The van der Waals surface area contributed by atoms with Gasteiger partial charge in [-0.25, -0.2) is 0 Å². The molecule has 0 heterocycles. The number of fused-ring (bicyclic) bond motifs is 2. The molecule has 4 nitrogen and oxygen atoms in total. The van der Waals surface area contributed by atoms with Gasteiger partial charge >= 0.3 is 0 Å².